The van der Waals surface area contributed by atoms with Crippen LogP contribution in [0.3, 0.4) is 0 Å². The minimum atomic E-state index is -0.983. The van der Waals surface area contributed by atoms with Crippen molar-refractivity contribution in [2.75, 3.05) is 13.1 Å². The van der Waals surface area contributed by atoms with Gasteiger partial charge >= 0.3 is 6.09 Å². The standard InChI is InChI=1S/C11H21IN2O3/c1-10(2,3)11(12)8(15)7(6-13)4-5-14(11)9(16)17/h7-8,15H,4-6,13H2,1-3H3,(H,16,17). The summed E-state index contributed by atoms with van der Waals surface area (Å²) < 4.78 is -0.834. The van der Waals surface area contributed by atoms with Crippen LogP contribution in [0.1, 0.15) is 27.2 Å². The van der Waals surface area contributed by atoms with Crippen LogP contribution in [0.2, 0.25) is 0 Å². The third kappa shape index (κ3) is 2.39. The van der Waals surface area contributed by atoms with Gasteiger partial charge in [-0.15, -0.1) is 0 Å². The Morgan fingerprint density at radius 3 is 2.47 bits per heavy atom. The molecule has 1 heterocycles. The van der Waals surface area contributed by atoms with Crippen molar-refractivity contribution in [3.63, 3.8) is 0 Å². The number of rotatable bonds is 1. The van der Waals surface area contributed by atoms with Crippen molar-refractivity contribution in [2.24, 2.45) is 17.1 Å². The number of amides is 1. The summed E-state index contributed by atoms with van der Waals surface area (Å²) in [6.07, 6.45) is -1.10. The average molecular weight is 356 g/mol. The van der Waals surface area contributed by atoms with E-state index in [0.29, 0.717) is 19.5 Å². The zero-order valence-corrected chi connectivity index (χ0v) is 12.6. The van der Waals surface area contributed by atoms with E-state index in [-0.39, 0.29) is 11.3 Å². The smallest absolute Gasteiger partial charge is 0.408 e. The van der Waals surface area contributed by atoms with Gasteiger partial charge < -0.3 is 15.9 Å². The number of nitrogens with zero attached hydrogens (tertiary/aromatic N) is 1. The van der Waals surface area contributed by atoms with Crippen LogP contribution in [-0.2, 0) is 0 Å². The fraction of sp³-hybridized carbons (Fsp3) is 0.909. The zero-order chi connectivity index (χ0) is 13.4. The minimum absolute atomic E-state index is 0.0401. The molecule has 100 valence electrons. The quantitative estimate of drug-likeness (QED) is 0.377. The van der Waals surface area contributed by atoms with Gasteiger partial charge in [-0.25, -0.2) is 4.79 Å². The van der Waals surface area contributed by atoms with E-state index >= 15 is 0 Å². The van der Waals surface area contributed by atoms with E-state index in [1.165, 1.54) is 4.90 Å². The Labute approximate surface area is 115 Å². The normalized spacial score (nSPS) is 34.8. The maximum atomic E-state index is 11.3. The summed E-state index contributed by atoms with van der Waals surface area (Å²) in [5.74, 6) is -0.0401. The Kier molecular flexibility index (Phi) is 4.31. The Hall–Kier alpha value is -0.0800. The summed E-state index contributed by atoms with van der Waals surface area (Å²) >= 11 is 2.08. The molecule has 0 aromatic heterocycles. The van der Waals surface area contributed by atoms with Crippen LogP contribution in [0.4, 0.5) is 4.79 Å². The maximum Gasteiger partial charge on any atom is 0.408 e. The van der Waals surface area contributed by atoms with Gasteiger partial charge in [0.2, 0.25) is 0 Å². The van der Waals surface area contributed by atoms with E-state index in [2.05, 4.69) is 22.6 Å². The number of alkyl halides is 1. The molecule has 1 rings (SSSR count). The first-order valence-corrected chi connectivity index (χ1v) is 6.81. The van der Waals surface area contributed by atoms with Gasteiger partial charge in [0.1, 0.15) is 3.55 Å². The molecule has 1 saturated heterocycles. The van der Waals surface area contributed by atoms with Crippen LogP contribution >= 0.6 is 22.6 Å². The fourth-order valence-corrected chi connectivity index (χ4v) is 3.37. The van der Waals surface area contributed by atoms with Gasteiger partial charge in [-0.3, -0.25) is 4.90 Å². The SMILES string of the molecule is CC(C)(C)C1(I)C(O)C(CN)CCN1C(=O)O. The first-order valence-electron chi connectivity index (χ1n) is 5.74. The molecular weight excluding hydrogens is 335 g/mol. The number of aliphatic hydroxyl groups is 1. The lowest BCUT2D eigenvalue weighted by atomic mass is 9.75. The molecule has 17 heavy (non-hydrogen) atoms. The molecule has 0 bridgehead atoms. The van der Waals surface area contributed by atoms with Crippen molar-refractivity contribution < 1.29 is 15.0 Å². The Morgan fingerprint density at radius 2 is 2.12 bits per heavy atom. The highest BCUT2D eigenvalue weighted by Crippen LogP contribution is 2.49. The van der Waals surface area contributed by atoms with Crippen LogP contribution in [-0.4, -0.2) is 43.9 Å². The molecular formula is C11H21IN2O3. The van der Waals surface area contributed by atoms with E-state index in [0.717, 1.165) is 0 Å². The molecule has 1 aliphatic rings. The van der Waals surface area contributed by atoms with Gasteiger partial charge in [-0.1, -0.05) is 43.4 Å². The second kappa shape index (κ2) is 4.89. The second-order valence-corrected chi connectivity index (χ2v) is 7.23. The molecule has 0 saturated carbocycles. The van der Waals surface area contributed by atoms with Crippen molar-refractivity contribution >= 4 is 28.7 Å². The summed E-state index contributed by atoms with van der Waals surface area (Å²) in [6.45, 7) is 6.64. The third-order valence-corrected chi connectivity index (χ3v) is 6.38. The van der Waals surface area contributed by atoms with E-state index in [4.69, 9.17) is 5.73 Å². The molecule has 5 nitrogen and oxygen atoms in total. The Morgan fingerprint density at radius 1 is 1.59 bits per heavy atom. The number of aliphatic hydroxyl groups excluding tert-OH is 1. The van der Waals surface area contributed by atoms with Crippen molar-refractivity contribution in [1.82, 2.24) is 4.90 Å². The van der Waals surface area contributed by atoms with Gasteiger partial charge in [0.15, 0.2) is 0 Å². The van der Waals surface area contributed by atoms with Crippen LogP contribution < -0.4 is 5.73 Å². The molecule has 3 unspecified atom stereocenters. The summed E-state index contributed by atoms with van der Waals surface area (Å²) in [7, 11) is 0. The predicted molar refractivity (Wildman–Crippen MR) is 74.1 cm³/mol. The van der Waals surface area contributed by atoms with E-state index < -0.39 is 15.7 Å². The number of carboxylic acid groups (broad SMARTS) is 1. The van der Waals surface area contributed by atoms with Crippen LogP contribution in [0, 0.1) is 11.3 Å². The van der Waals surface area contributed by atoms with E-state index in [1.807, 2.05) is 20.8 Å². The number of likely N-dealkylation sites (tertiary alicyclic amines) is 1. The van der Waals surface area contributed by atoms with Crippen molar-refractivity contribution in [1.29, 1.82) is 0 Å². The lowest BCUT2D eigenvalue weighted by Gasteiger charge is -2.54. The predicted octanol–water partition coefficient (Wildman–Crippen LogP) is 1.48. The topological polar surface area (TPSA) is 86.8 Å². The minimum Gasteiger partial charge on any atom is -0.465 e. The number of carbonyl (C=O) groups is 1. The Bertz CT molecular complexity index is 306. The monoisotopic (exact) mass is 356 g/mol. The number of halogens is 1. The van der Waals surface area contributed by atoms with E-state index in [9.17, 15) is 15.0 Å². The molecule has 0 spiro atoms. The molecule has 4 N–H and O–H groups in total. The molecule has 3 atom stereocenters. The average Bonchev–Trinajstić information content (AvgIpc) is 2.19. The summed E-state index contributed by atoms with van der Waals surface area (Å²) in [5, 5.41) is 19.7. The van der Waals surface area contributed by atoms with E-state index in [1.54, 1.807) is 0 Å². The van der Waals surface area contributed by atoms with Gasteiger partial charge in [-0.05, 0) is 18.4 Å². The first kappa shape index (κ1) is 15.0. The molecule has 0 aliphatic carbocycles. The number of nitrogens with two attached hydrogens (primary N) is 1. The van der Waals surface area contributed by atoms with Crippen LogP contribution in [0.5, 0.6) is 0 Å². The molecule has 0 radical (unpaired) electrons. The highest BCUT2D eigenvalue weighted by molar-refractivity contribution is 14.1. The van der Waals surface area contributed by atoms with Crippen LogP contribution in [0.25, 0.3) is 0 Å². The highest BCUT2D eigenvalue weighted by atomic mass is 127. The van der Waals surface area contributed by atoms with Gasteiger partial charge in [0, 0.05) is 12.5 Å². The lowest BCUT2D eigenvalue weighted by molar-refractivity contribution is -0.0704. The van der Waals surface area contributed by atoms with Gasteiger partial charge in [-0.2, -0.15) is 0 Å². The number of hydrogen-bond acceptors (Lipinski definition) is 3. The summed E-state index contributed by atoms with van der Waals surface area (Å²) in [5.41, 5.74) is 5.29. The lowest BCUT2D eigenvalue weighted by Crippen LogP contribution is -2.67. The maximum absolute atomic E-state index is 11.3. The highest BCUT2D eigenvalue weighted by Gasteiger charge is 2.56. The fourth-order valence-electron chi connectivity index (χ4n) is 2.42. The second-order valence-electron chi connectivity index (χ2n) is 5.59. The number of hydrogen-bond donors (Lipinski definition) is 3. The summed E-state index contributed by atoms with van der Waals surface area (Å²) in [6, 6.07) is 0. The zero-order valence-electron chi connectivity index (χ0n) is 10.5. The molecule has 0 aromatic rings. The van der Waals surface area contributed by atoms with Crippen molar-refractivity contribution in [3.8, 4) is 0 Å². The largest absolute Gasteiger partial charge is 0.465 e. The van der Waals surface area contributed by atoms with Gasteiger partial charge in [0.05, 0.1) is 6.10 Å². The van der Waals surface area contributed by atoms with Crippen molar-refractivity contribution in [3.05, 3.63) is 0 Å². The Balaban J connectivity index is 3.17. The molecule has 6 heteroatoms. The summed E-state index contributed by atoms with van der Waals surface area (Å²) in [4.78, 5) is 12.7. The van der Waals surface area contributed by atoms with Crippen molar-refractivity contribution in [2.45, 2.75) is 36.8 Å². The molecule has 1 fully saturated rings. The first-order chi connectivity index (χ1) is 7.66. The van der Waals surface area contributed by atoms with Gasteiger partial charge in [0.25, 0.3) is 0 Å². The molecule has 1 amide bonds. The number of piperidine rings is 1. The third-order valence-electron chi connectivity index (χ3n) is 3.54. The van der Waals surface area contributed by atoms with Crippen LogP contribution in [0.15, 0.2) is 0 Å². The molecule has 1 aliphatic heterocycles. The molecule has 0 aromatic carbocycles.